The Morgan fingerprint density at radius 2 is 1.67 bits per heavy atom. The molecule has 1 spiro atoms. The number of phenolic OH excluding ortho intramolecular Hbond substituents is 1. The fourth-order valence-electron chi connectivity index (χ4n) is 13.4. The summed E-state index contributed by atoms with van der Waals surface area (Å²) in [6.07, 6.45) is 11.8. The zero-order valence-corrected chi connectivity index (χ0v) is 41.5. The normalized spacial score (nSPS) is 24.6. The van der Waals surface area contributed by atoms with Crippen molar-refractivity contribution in [3.63, 3.8) is 0 Å². The number of aryl methyl sites for hydroxylation is 1. The number of piperidine rings is 4. The largest absolute Gasteiger partial charge is 0.508 e. The van der Waals surface area contributed by atoms with Crippen LogP contribution in [0.4, 0.5) is 14.6 Å². The number of halogens is 2. The number of phenols is 1. The summed E-state index contributed by atoms with van der Waals surface area (Å²) in [5, 5.41) is 25.6. The number of hydrogen-bond donors (Lipinski definition) is 3. The van der Waals surface area contributed by atoms with Crippen LogP contribution < -0.4 is 15.0 Å². The second-order valence-electron chi connectivity index (χ2n) is 22.7. The number of aliphatic hydroxyl groups is 1. The molecule has 7 aliphatic rings. The molecule has 17 heteroatoms. The van der Waals surface area contributed by atoms with Gasteiger partial charge < -0.3 is 29.6 Å². The first kappa shape index (κ1) is 47.8. The van der Waals surface area contributed by atoms with Crippen molar-refractivity contribution < 1.29 is 42.9 Å². The molecule has 3 aromatic carbocycles. The molecule has 2 aromatic heterocycles. The van der Waals surface area contributed by atoms with E-state index in [9.17, 15) is 29.4 Å². The molecule has 5 aromatic rings. The lowest BCUT2D eigenvalue weighted by Gasteiger charge is -2.56. The third kappa shape index (κ3) is 8.58. The summed E-state index contributed by atoms with van der Waals surface area (Å²) in [6.45, 7) is 9.64. The Kier molecular flexibility index (Phi) is 11.8. The first-order chi connectivity index (χ1) is 35.1. The van der Waals surface area contributed by atoms with Crippen LogP contribution in [0.1, 0.15) is 129 Å². The molecule has 15 nitrogen and oxygen atoms in total. The predicted molar refractivity (Wildman–Crippen MR) is 268 cm³/mol. The summed E-state index contributed by atoms with van der Waals surface area (Å²) in [5.41, 5.74) is 1.53. The van der Waals surface area contributed by atoms with E-state index >= 15 is 8.78 Å². The third-order valence-electron chi connectivity index (χ3n) is 17.6. The number of rotatable bonds is 11. The van der Waals surface area contributed by atoms with Gasteiger partial charge in [-0.3, -0.25) is 34.4 Å². The van der Waals surface area contributed by atoms with Gasteiger partial charge in [-0.05, 0) is 168 Å². The maximum Gasteiger partial charge on any atom is 0.319 e. The molecule has 5 aliphatic heterocycles. The average molecular weight is 997 g/mol. The molecule has 1 unspecified atom stereocenters. The summed E-state index contributed by atoms with van der Waals surface area (Å²) >= 11 is 0. The Hall–Kier alpha value is -6.17. The van der Waals surface area contributed by atoms with Crippen LogP contribution in [0, 0.1) is 22.5 Å². The first-order valence-corrected chi connectivity index (χ1v) is 26.3. The van der Waals surface area contributed by atoms with Crippen molar-refractivity contribution in [1.29, 1.82) is 0 Å². The van der Waals surface area contributed by atoms with Gasteiger partial charge in [0.05, 0.1) is 28.7 Å². The van der Waals surface area contributed by atoms with Crippen molar-refractivity contribution in [2.45, 2.75) is 121 Å². The number of imide groups is 2. The van der Waals surface area contributed by atoms with Gasteiger partial charge in [0.2, 0.25) is 11.8 Å². The number of pyridine rings is 1. The topological polar surface area (TPSA) is 182 Å². The van der Waals surface area contributed by atoms with E-state index in [1.807, 2.05) is 24.0 Å². The molecular weight excluding hydrogens is 935 g/mol. The summed E-state index contributed by atoms with van der Waals surface area (Å²) in [4.78, 5) is 74.1. The Bertz CT molecular complexity index is 3100. The van der Waals surface area contributed by atoms with Crippen LogP contribution in [-0.4, -0.2) is 134 Å². The molecule has 2 aliphatic carbocycles. The molecule has 7 heterocycles. The summed E-state index contributed by atoms with van der Waals surface area (Å²) in [7, 11) is 0. The van der Waals surface area contributed by atoms with Gasteiger partial charge in [0.15, 0.2) is 5.82 Å². The van der Waals surface area contributed by atoms with Gasteiger partial charge in [-0.25, -0.2) is 8.78 Å². The fourth-order valence-corrected chi connectivity index (χ4v) is 13.4. The van der Waals surface area contributed by atoms with Crippen molar-refractivity contribution in [2.75, 3.05) is 57.3 Å². The van der Waals surface area contributed by atoms with Gasteiger partial charge >= 0.3 is 6.01 Å². The van der Waals surface area contributed by atoms with Crippen molar-refractivity contribution in [1.82, 2.24) is 35.0 Å². The van der Waals surface area contributed by atoms with Crippen LogP contribution in [0.25, 0.3) is 32.9 Å². The number of carbonyl (C=O) groups is 4. The Morgan fingerprint density at radius 3 is 2.40 bits per heavy atom. The maximum atomic E-state index is 17.2. The second-order valence-corrected chi connectivity index (χ2v) is 22.7. The van der Waals surface area contributed by atoms with E-state index in [1.165, 1.54) is 37.2 Å². The lowest BCUT2D eigenvalue weighted by molar-refractivity contribution is -0.136. The molecule has 73 heavy (non-hydrogen) atoms. The quantitative estimate of drug-likeness (QED) is 0.111. The number of hydrogen-bond acceptors (Lipinski definition) is 13. The highest BCUT2D eigenvalue weighted by Crippen LogP contribution is 2.54. The van der Waals surface area contributed by atoms with Crippen LogP contribution in [0.5, 0.6) is 11.8 Å². The fraction of sp³-hybridized carbons (Fsp3) is 0.518. The van der Waals surface area contributed by atoms with E-state index in [2.05, 4.69) is 20.1 Å². The van der Waals surface area contributed by atoms with Gasteiger partial charge in [0.25, 0.3) is 11.8 Å². The van der Waals surface area contributed by atoms with Gasteiger partial charge in [-0.1, -0.05) is 25.1 Å². The molecule has 382 valence electrons. The molecule has 2 atom stereocenters. The van der Waals surface area contributed by atoms with Gasteiger partial charge in [-0.2, -0.15) is 9.97 Å². The van der Waals surface area contributed by atoms with E-state index in [0.29, 0.717) is 82.5 Å². The number of ether oxygens (including phenoxy) is 1. The highest BCUT2D eigenvalue weighted by molar-refractivity contribution is 6.24. The first-order valence-electron chi connectivity index (χ1n) is 26.3. The number of nitrogens with one attached hydrogen (secondary N) is 1. The van der Waals surface area contributed by atoms with Gasteiger partial charge in [-0.15, -0.1) is 0 Å². The number of fused-ring (bicyclic) bond motifs is 3. The predicted octanol–water partition coefficient (Wildman–Crippen LogP) is 7.43. The Labute approximate surface area is 422 Å². The van der Waals surface area contributed by atoms with Crippen molar-refractivity contribution in [3.05, 3.63) is 82.5 Å². The average Bonchev–Trinajstić information content (AvgIpc) is 4.09. The molecule has 4 amide bonds. The van der Waals surface area contributed by atoms with Crippen LogP contribution in [0.3, 0.4) is 0 Å². The van der Waals surface area contributed by atoms with E-state index in [1.54, 1.807) is 19.1 Å². The van der Waals surface area contributed by atoms with Gasteiger partial charge in [0.1, 0.15) is 34.6 Å². The molecule has 2 saturated carbocycles. The monoisotopic (exact) mass is 996 g/mol. The summed E-state index contributed by atoms with van der Waals surface area (Å²) in [6, 6.07) is 10.9. The standard InChI is InChI=1S/C56H62F2N8O7/c1-3-36-41(57)9-8-33-24-35(67)25-39(44(33)36)47-46(58)48-40(28-59-47)49(65-19-5-14-54(2,72)29-65)62-53(61-48)73-31-56(15-16-56)30-63-22-17-55(18-23-63)26-34(27-55)64-20-12-32(13-21-64)37-6-4-7-38-45(37)52(71)66(51(38)70)42-10-11-43(68)60-50(42)69/h4,6-9,24-25,28,32,34,42,67,72H,3,5,10-23,26-27,29-31H2,1-2H3,(H,60,68,69)/t42?,54-/m1/s1. The molecule has 6 fully saturated rings. The van der Waals surface area contributed by atoms with Crippen LogP contribution >= 0.6 is 0 Å². The number of β-amino-alcohol motifs (C(OH)–C–C–N with tert-alkyl or cyclic N) is 1. The molecule has 3 N–H and O–H groups in total. The number of benzene rings is 3. The van der Waals surface area contributed by atoms with Crippen LogP contribution in [0.2, 0.25) is 0 Å². The lowest BCUT2D eigenvalue weighted by Crippen LogP contribution is -2.56. The lowest BCUT2D eigenvalue weighted by atomic mass is 9.59. The number of aromatic hydroxyl groups is 1. The van der Waals surface area contributed by atoms with Crippen molar-refractivity contribution >= 4 is 51.1 Å². The Balaban J connectivity index is 0.689. The minimum Gasteiger partial charge on any atom is -0.508 e. The van der Waals surface area contributed by atoms with Crippen LogP contribution in [-0.2, 0) is 16.0 Å². The molecule has 0 radical (unpaired) electrons. The minimum absolute atomic E-state index is 0.00383. The van der Waals surface area contributed by atoms with Crippen molar-refractivity contribution in [2.24, 2.45) is 10.8 Å². The smallest absolute Gasteiger partial charge is 0.319 e. The Morgan fingerprint density at radius 1 is 0.890 bits per heavy atom. The number of likely N-dealkylation sites (tertiary alicyclic amines) is 2. The van der Waals surface area contributed by atoms with Crippen LogP contribution in [0.15, 0.2) is 48.7 Å². The summed E-state index contributed by atoms with van der Waals surface area (Å²) in [5.74, 6) is -2.57. The SMILES string of the molecule is CCc1c(F)ccc2cc(O)cc(-c3ncc4c(N5CCC[C@@](C)(O)C5)nc(OCC5(CN6CCC7(CC6)CC(N6CCC(c8cccc9c8C(=O)N(C8CCC(=O)NC8=O)C9=O)CC6)C7)CC5)nc4c3F)c12. The minimum atomic E-state index is -0.980. The van der Waals surface area contributed by atoms with E-state index in [4.69, 9.17) is 14.7 Å². The van der Waals surface area contributed by atoms with E-state index < -0.39 is 46.9 Å². The number of carbonyl (C=O) groups excluding carboxylic acids is 4. The van der Waals surface area contributed by atoms with Gasteiger partial charge in [0, 0.05) is 49.3 Å². The summed E-state index contributed by atoms with van der Waals surface area (Å²) < 4.78 is 38.9. The molecule has 0 bridgehead atoms. The highest BCUT2D eigenvalue weighted by Gasteiger charge is 2.51. The number of anilines is 1. The number of nitrogens with zero attached hydrogens (tertiary/aromatic N) is 7. The number of amides is 4. The molecule has 4 saturated heterocycles. The highest BCUT2D eigenvalue weighted by atomic mass is 19.1. The second kappa shape index (κ2) is 18.0. The number of aromatic nitrogens is 3. The zero-order chi connectivity index (χ0) is 50.6. The van der Waals surface area contributed by atoms with Crippen molar-refractivity contribution in [3.8, 4) is 23.0 Å². The van der Waals surface area contributed by atoms with E-state index in [-0.39, 0.29) is 59.3 Å². The third-order valence-corrected chi connectivity index (χ3v) is 17.6. The molecular formula is C56H62F2N8O7. The molecule has 12 rings (SSSR count). The zero-order valence-electron chi connectivity index (χ0n) is 41.5. The van der Waals surface area contributed by atoms with E-state index in [0.717, 1.165) is 81.7 Å². The maximum absolute atomic E-state index is 17.2.